The molecule has 184 valence electrons. The van der Waals surface area contributed by atoms with Gasteiger partial charge >= 0.3 is 0 Å². The number of aliphatic hydroxyl groups excluding tert-OH is 1. The molecule has 3 aromatic carbocycles. The van der Waals surface area contributed by atoms with Crippen LogP contribution in [-0.2, 0) is 16.4 Å². The maximum Gasteiger partial charge on any atom is 0.238 e. The Kier molecular flexibility index (Phi) is 6.06. The Morgan fingerprint density at radius 2 is 1.83 bits per heavy atom. The zero-order valence-electron chi connectivity index (χ0n) is 18.4. The van der Waals surface area contributed by atoms with E-state index in [1.807, 2.05) is 0 Å². The number of benzene rings is 3. The number of hydrogen-bond acceptors (Lipinski definition) is 8. The second-order valence-electron chi connectivity index (χ2n) is 8.03. The molecule has 0 bridgehead atoms. The molecular weight excluding hydrogens is 507 g/mol. The highest BCUT2D eigenvalue weighted by Crippen LogP contribution is 2.38. The van der Waals surface area contributed by atoms with Crippen LogP contribution in [0.25, 0.3) is 27.2 Å². The lowest BCUT2D eigenvalue weighted by molar-refractivity contribution is -0.0454. The second kappa shape index (κ2) is 9.08. The highest BCUT2D eigenvalue weighted by atomic mass is 32.2. The minimum Gasteiger partial charge on any atom is -0.493 e. The molecule has 0 saturated carbocycles. The molecule has 0 radical (unpaired) electrons. The Bertz CT molecular complexity index is 1700. The smallest absolute Gasteiger partial charge is 0.238 e. The SMILES string of the molecule is NS(=O)(=O)c1ccc(Cc2c(-c3cccc4cc(F)ccc34)nn(-c3nc(C(O)O)cs3)c2O)cc1. The predicted molar refractivity (Wildman–Crippen MR) is 132 cm³/mol. The van der Waals surface area contributed by atoms with Crippen molar-refractivity contribution in [1.29, 1.82) is 0 Å². The third-order valence-corrected chi connectivity index (χ3v) is 7.41. The van der Waals surface area contributed by atoms with Crippen molar-refractivity contribution < 1.29 is 28.1 Å². The van der Waals surface area contributed by atoms with E-state index in [0.717, 1.165) is 11.3 Å². The van der Waals surface area contributed by atoms with E-state index < -0.39 is 16.3 Å². The molecule has 0 atom stereocenters. The summed E-state index contributed by atoms with van der Waals surface area (Å²) in [5, 5.41) is 42.8. The fraction of sp³-hybridized carbons (Fsp3) is 0.0833. The number of aliphatic hydroxyl groups is 2. The summed E-state index contributed by atoms with van der Waals surface area (Å²) >= 11 is 1.06. The summed E-state index contributed by atoms with van der Waals surface area (Å²) in [6.07, 6.45) is -1.61. The minimum atomic E-state index is -3.86. The number of halogens is 1. The number of thiazole rings is 1. The van der Waals surface area contributed by atoms with Crippen LogP contribution in [0.15, 0.2) is 70.9 Å². The molecule has 12 heteroatoms. The summed E-state index contributed by atoms with van der Waals surface area (Å²) in [7, 11) is -3.86. The number of primary sulfonamides is 1. The first-order valence-electron chi connectivity index (χ1n) is 10.5. The fourth-order valence-electron chi connectivity index (χ4n) is 3.91. The lowest BCUT2D eigenvalue weighted by Gasteiger charge is -2.08. The molecule has 9 nitrogen and oxygen atoms in total. The van der Waals surface area contributed by atoms with Gasteiger partial charge < -0.3 is 15.3 Å². The van der Waals surface area contributed by atoms with Crippen molar-refractivity contribution in [3.8, 4) is 22.3 Å². The van der Waals surface area contributed by atoms with Crippen LogP contribution in [0.4, 0.5) is 4.39 Å². The van der Waals surface area contributed by atoms with Gasteiger partial charge in [0.1, 0.15) is 17.2 Å². The summed E-state index contributed by atoms with van der Waals surface area (Å²) < 4.78 is 38.3. The topological polar surface area (TPSA) is 152 Å². The highest BCUT2D eigenvalue weighted by molar-refractivity contribution is 7.89. The molecule has 2 heterocycles. The largest absolute Gasteiger partial charge is 0.493 e. The number of fused-ring (bicyclic) bond motifs is 1. The first-order valence-corrected chi connectivity index (χ1v) is 13.0. The maximum atomic E-state index is 13.9. The Labute approximate surface area is 208 Å². The lowest BCUT2D eigenvalue weighted by atomic mass is 9.97. The number of aromatic hydroxyl groups is 1. The van der Waals surface area contributed by atoms with Crippen molar-refractivity contribution in [2.45, 2.75) is 17.6 Å². The van der Waals surface area contributed by atoms with Crippen LogP contribution < -0.4 is 5.14 Å². The van der Waals surface area contributed by atoms with Crippen molar-refractivity contribution >= 4 is 32.1 Å². The van der Waals surface area contributed by atoms with Gasteiger partial charge in [0, 0.05) is 22.9 Å². The van der Waals surface area contributed by atoms with Crippen molar-refractivity contribution in [3.05, 3.63) is 88.7 Å². The number of sulfonamides is 1. The Morgan fingerprint density at radius 1 is 1.08 bits per heavy atom. The van der Waals surface area contributed by atoms with Crippen LogP contribution in [0.5, 0.6) is 5.88 Å². The van der Waals surface area contributed by atoms with E-state index in [4.69, 9.17) is 5.14 Å². The van der Waals surface area contributed by atoms with Gasteiger partial charge in [-0.25, -0.2) is 22.9 Å². The van der Waals surface area contributed by atoms with E-state index in [1.165, 1.54) is 34.3 Å². The van der Waals surface area contributed by atoms with E-state index in [0.29, 0.717) is 33.2 Å². The van der Waals surface area contributed by atoms with Gasteiger partial charge in [0.15, 0.2) is 6.29 Å². The molecule has 0 saturated heterocycles. The lowest BCUT2D eigenvalue weighted by Crippen LogP contribution is -2.11. The van der Waals surface area contributed by atoms with Crippen molar-refractivity contribution in [3.63, 3.8) is 0 Å². The van der Waals surface area contributed by atoms with E-state index in [2.05, 4.69) is 10.1 Å². The molecule has 2 aromatic heterocycles. The number of hydrogen-bond donors (Lipinski definition) is 4. The molecule has 0 aliphatic carbocycles. The Balaban J connectivity index is 1.68. The summed E-state index contributed by atoms with van der Waals surface area (Å²) in [6, 6.07) is 15.6. The van der Waals surface area contributed by atoms with Gasteiger partial charge in [0.2, 0.25) is 21.0 Å². The molecule has 36 heavy (non-hydrogen) atoms. The van der Waals surface area contributed by atoms with Gasteiger partial charge in [-0.05, 0) is 40.6 Å². The number of aromatic nitrogens is 3. The van der Waals surface area contributed by atoms with Gasteiger partial charge in [-0.1, -0.05) is 36.4 Å². The first kappa shape index (κ1) is 24.0. The molecule has 0 spiro atoms. The zero-order chi connectivity index (χ0) is 25.6. The normalized spacial score (nSPS) is 12.0. The van der Waals surface area contributed by atoms with Gasteiger partial charge in [-0.2, -0.15) is 9.78 Å². The molecule has 5 aromatic rings. The zero-order valence-corrected chi connectivity index (χ0v) is 20.0. The number of nitrogens with two attached hydrogens (primary N) is 1. The predicted octanol–water partition coefficient (Wildman–Crippen LogP) is 3.22. The monoisotopic (exact) mass is 526 g/mol. The molecular formula is C24H19FN4O5S2. The average Bonchev–Trinajstić information content (AvgIpc) is 3.44. The van der Waals surface area contributed by atoms with Crippen LogP contribution in [0.1, 0.15) is 23.1 Å². The van der Waals surface area contributed by atoms with Crippen LogP contribution >= 0.6 is 11.3 Å². The first-order chi connectivity index (χ1) is 17.1. The van der Waals surface area contributed by atoms with Crippen molar-refractivity contribution in [2.75, 3.05) is 0 Å². The van der Waals surface area contributed by atoms with E-state index in [9.17, 15) is 28.1 Å². The third kappa shape index (κ3) is 4.47. The molecule has 0 amide bonds. The summed E-state index contributed by atoms with van der Waals surface area (Å²) in [6.45, 7) is 0. The third-order valence-electron chi connectivity index (χ3n) is 5.64. The van der Waals surface area contributed by atoms with E-state index >= 15 is 0 Å². The van der Waals surface area contributed by atoms with E-state index in [1.54, 1.807) is 36.4 Å². The standard InChI is InChI=1S/C24H19FN4O5S2/c25-15-6-9-17-14(11-15)2-1-3-18(17)21-19(10-13-4-7-16(8-5-13)36(26,33)34)22(30)29(28-21)24-27-20(12-35-24)23(31)32/h1-9,11-12,23,30-32H,10H2,(H2,26,33,34). The van der Waals surface area contributed by atoms with Gasteiger partial charge in [0.25, 0.3) is 0 Å². The molecule has 0 aliphatic rings. The van der Waals surface area contributed by atoms with Crippen molar-refractivity contribution in [2.24, 2.45) is 5.14 Å². The van der Waals surface area contributed by atoms with Crippen molar-refractivity contribution in [1.82, 2.24) is 14.8 Å². The van der Waals surface area contributed by atoms with Crippen LogP contribution in [-0.4, -0.2) is 38.5 Å². The molecule has 0 aliphatic heterocycles. The Hall–Kier alpha value is -3.68. The molecule has 5 N–H and O–H groups in total. The van der Waals surface area contributed by atoms with E-state index in [-0.39, 0.29) is 33.8 Å². The minimum absolute atomic E-state index is 0.00668. The molecule has 5 rings (SSSR count). The van der Waals surface area contributed by atoms with Gasteiger partial charge in [-0.3, -0.25) is 0 Å². The van der Waals surface area contributed by atoms with Crippen LogP contribution in [0.3, 0.4) is 0 Å². The quantitative estimate of drug-likeness (QED) is 0.248. The molecule has 0 unspecified atom stereocenters. The summed E-state index contributed by atoms with van der Waals surface area (Å²) in [5.41, 5.74) is 2.14. The fourth-order valence-corrected chi connectivity index (χ4v) is 5.21. The average molecular weight is 527 g/mol. The summed E-state index contributed by atoms with van der Waals surface area (Å²) in [4.78, 5) is 4.10. The highest BCUT2D eigenvalue weighted by Gasteiger charge is 2.24. The second-order valence-corrected chi connectivity index (χ2v) is 10.4. The Morgan fingerprint density at radius 3 is 2.50 bits per heavy atom. The maximum absolute atomic E-state index is 13.9. The summed E-state index contributed by atoms with van der Waals surface area (Å²) in [5.74, 6) is -0.617. The number of nitrogens with zero attached hydrogens (tertiary/aromatic N) is 3. The molecule has 0 fully saturated rings. The van der Waals surface area contributed by atoms with Gasteiger partial charge in [-0.15, -0.1) is 11.3 Å². The van der Waals surface area contributed by atoms with Crippen LogP contribution in [0.2, 0.25) is 0 Å². The van der Waals surface area contributed by atoms with Gasteiger partial charge in [0.05, 0.1) is 4.90 Å². The van der Waals surface area contributed by atoms with Crippen LogP contribution in [0, 0.1) is 5.82 Å². The number of rotatable bonds is 6.